The molecule has 1 unspecified atom stereocenters. The zero-order chi connectivity index (χ0) is 13.9. The van der Waals surface area contributed by atoms with Gasteiger partial charge in [0, 0.05) is 57.7 Å². The van der Waals surface area contributed by atoms with Crippen LogP contribution in [0.4, 0.5) is 8.78 Å². The molecule has 0 amide bonds. The highest BCUT2D eigenvalue weighted by Crippen LogP contribution is 2.20. The van der Waals surface area contributed by atoms with E-state index in [9.17, 15) is 8.78 Å². The van der Waals surface area contributed by atoms with E-state index in [2.05, 4.69) is 20.1 Å². The molecule has 0 bridgehead atoms. The van der Waals surface area contributed by atoms with Crippen LogP contribution in [0.25, 0.3) is 0 Å². The molecule has 120 valence electrons. The van der Waals surface area contributed by atoms with Gasteiger partial charge in [0.2, 0.25) is 0 Å². The van der Waals surface area contributed by atoms with Crippen molar-refractivity contribution >= 4 is 12.4 Å². The first-order valence-electron chi connectivity index (χ1n) is 7.21. The molecule has 2 aliphatic heterocycles. The summed E-state index contributed by atoms with van der Waals surface area (Å²) in [5, 5.41) is 3.35. The Labute approximate surface area is 129 Å². The van der Waals surface area contributed by atoms with Crippen LogP contribution in [-0.2, 0) is 6.54 Å². The Balaban J connectivity index is 0.00000161. The van der Waals surface area contributed by atoms with Crippen molar-refractivity contribution in [3.63, 3.8) is 0 Å². The van der Waals surface area contributed by atoms with Crippen molar-refractivity contribution in [1.29, 1.82) is 0 Å². The minimum absolute atomic E-state index is 0. The van der Waals surface area contributed by atoms with E-state index in [-0.39, 0.29) is 12.4 Å². The summed E-state index contributed by atoms with van der Waals surface area (Å²) in [6.45, 7) is 4.20. The van der Waals surface area contributed by atoms with Crippen LogP contribution in [-0.4, -0.2) is 64.7 Å². The van der Waals surface area contributed by atoms with Crippen LogP contribution in [0, 0.1) is 0 Å². The van der Waals surface area contributed by atoms with Gasteiger partial charge in [-0.15, -0.1) is 12.4 Å². The largest absolute Gasteiger partial charge is 0.319 e. The number of imidazole rings is 1. The van der Waals surface area contributed by atoms with Crippen LogP contribution >= 0.6 is 12.4 Å². The minimum Gasteiger partial charge on any atom is -0.314 e. The summed E-state index contributed by atoms with van der Waals surface area (Å²) < 4.78 is 26.5. The Morgan fingerprint density at radius 1 is 1.29 bits per heavy atom. The SMILES string of the molecule is Cl.FC(F)n1ccnc1CN1CCC(N2CCNCC2)C1. The van der Waals surface area contributed by atoms with Gasteiger partial charge < -0.3 is 5.32 Å². The van der Waals surface area contributed by atoms with E-state index in [0.29, 0.717) is 18.4 Å². The first kappa shape index (κ1) is 16.6. The van der Waals surface area contributed by atoms with E-state index in [1.54, 1.807) is 0 Å². The number of hydrogen-bond donors (Lipinski definition) is 1. The van der Waals surface area contributed by atoms with Gasteiger partial charge in [0.05, 0.1) is 6.54 Å². The quantitative estimate of drug-likeness (QED) is 0.903. The Hall–Kier alpha value is -0.760. The van der Waals surface area contributed by atoms with Crippen LogP contribution in [0.2, 0.25) is 0 Å². The maximum absolute atomic E-state index is 12.8. The Bertz CT molecular complexity index is 436. The molecular formula is C13H22ClF2N5. The van der Waals surface area contributed by atoms with Crippen LogP contribution in [0.15, 0.2) is 12.4 Å². The van der Waals surface area contributed by atoms with E-state index in [1.165, 1.54) is 12.4 Å². The summed E-state index contributed by atoms with van der Waals surface area (Å²) >= 11 is 0. The lowest BCUT2D eigenvalue weighted by Gasteiger charge is -2.32. The number of likely N-dealkylation sites (tertiary alicyclic amines) is 1. The summed E-state index contributed by atoms with van der Waals surface area (Å²) in [5.74, 6) is 0.459. The predicted molar refractivity (Wildman–Crippen MR) is 78.9 cm³/mol. The third-order valence-electron chi connectivity index (χ3n) is 4.24. The smallest absolute Gasteiger partial charge is 0.314 e. The molecule has 1 aromatic rings. The molecule has 2 fully saturated rings. The van der Waals surface area contributed by atoms with Gasteiger partial charge in [-0.05, 0) is 6.42 Å². The van der Waals surface area contributed by atoms with Crippen molar-refractivity contribution < 1.29 is 8.78 Å². The topological polar surface area (TPSA) is 36.3 Å². The van der Waals surface area contributed by atoms with Gasteiger partial charge in [-0.3, -0.25) is 14.4 Å². The van der Waals surface area contributed by atoms with Crippen LogP contribution in [0.5, 0.6) is 0 Å². The standard InChI is InChI=1S/C13H21F2N5.ClH/c14-13(15)20-8-4-17-12(20)10-18-5-1-11(9-18)19-6-2-16-3-7-19;/h4,8,11,13,16H,1-3,5-7,9-10H2;1H. The minimum atomic E-state index is -2.50. The monoisotopic (exact) mass is 321 g/mol. The molecule has 1 aromatic heterocycles. The molecule has 1 atom stereocenters. The molecule has 0 radical (unpaired) electrons. The average molecular weight is 322 g/mol. The van der Waals surface area contributed by atoms with Crippen molar-refractivity contribution in [2.24, 2.45) is 0 Å². The van der Waals surface area contributed by atoms with Crippen LogP contribution in [0.1, 0.15) is 18.8 Å². The molecule has 0 aliphatic carbocycles. The van der Waals surface area contributed by atoms with Gasteiger partial charge in [-0.25, -0.2) is 4.98 Å². The molecule has 3 heterocycles. The van der Waals surface area contributed by atoms with E-state index < -0.39 is 6.55 Å². The fourth-order valence-electron chi connectivity index (χ4n) is 3.15. The molecular weight excluding hydrogens is 300 g/mol. The van der Waals surface area contributed by atoms with Gasteiger partial charge in [-0.1, -0.05) is 0 Å². The highest BCUT2D eigenvalue weighted by Gasteiger charge is 2.29. The van der Waals surface area contributed by atoms with Crippen molar-refractivity contribution in [2.45, 2.75) is 25.6 Å². The molecule has 8 heteroatoms. The zero-order valence-electron chi connectivity index (χ0n) is 11.9. The molecule has 21 heavy (non-hydrogen) atoms. The molecule has 3 rings (SSSR count). The van der Waals surface area contributed by atoms with Gasteiger partial charge in [-0.2, -0.15) is 8.78 Å². The lowest BCUT2D eigenvalue weighted by atomic mass is 10.2. The summed E-state index contributed by atoms with van der Waals surface area (Å²) in [4.78, 5) is 8.80. The second-order valence-electron chi connectivity index (χ2n) is 5.49. The first-order chi connectivity index (χ1) is 9.74. The first-order valence-corrected chi connectivity index (χ1v) is 7.21. The van der Waals surface area contributed by atoms with Gasteiger partial charge in [0.1, 0.15) is 5.82 Å². The summed E-state index contributed by atoms with van der Waals surface area (Å²) in [6.07, 6.45) is 3.92. The molecule has 0 aromatic carbocycles. The number of halogens is 3. The Kier molecular flexibility index (Phi) is 5.92. The van der Waals surface area contributed by atoms with E-state index in [0.717, 1.165) is 50.3 Å². The van der Waals surface area contributed by atoms with E-state index >= 15 is 0 Å². The third kappa shape index (κ3) is 3.91. The van der Waals surface area contributed by atoms with Crippen molar-refractivity contribution in [3.8, 4) is 0 Å². The number of nitrogens with one attached hydrogen (secondary N) is 1. The van der Waals surface area contributed by atoms with Gasteiger partial charge in [0.15, 0.2) is 0 Å². The molecule has 5 nitrogen and oxygen atoms in total. The number of nitrogens with zero attached hydrogens (tertiary/aromatic N) is 4. The highest BCUT2D eigenvalue weighted by molar-refractivity contribution is 5.85. The molecule has 2 saturated heterocycles. The second kappa shape index (κ2) is 7.49. The van der Waals surface area contributed by atoms with Crippen LogP contribution < -0.4 is 5.32 Å². The summed E-state index contributed by atoms with van der Waals surface area (Å²) in [7, 11) is 0. The van der Waals surface area contributed by atoms with Crippen LogP contribution in [0.3, 0.4) is 0 Å². The molecule has 1 N–H and O–H groups in total. The lowest BCUT2D eigenvalue weighted by molar-refractivity contribution is 0.0642. The predicted octanol–water partition coefficient (Wildman–Crippen LogP) is 1.18. The highest BCUT2D eigenvalue weighted by atomic mass is 35.5. The normalized spacial score (nSPS) is 24.4. The maximum atomic E-state index is 12.8. The molecule has 0 spiro atoms. The van der Waals surface area contributed by atoms with Crippen molar-refractivity contribution in [3.05, 3.63) is 18.2 Å². The number of alkyl halides is 2. The maximum Gasteiger partial charge on any atom is 0.319 e. The fourth-order valence-corrected chi connectivity index (χ4v) is 3.15. The Morgan fingerprint density at radius 3 is 2.76 bits per heavy atom. The second-order valence-corrected chi connectivity index (χ2v) is 5.49. The molecule has 0 saturated carbocycles. The number of hydrogen-bond acceptors (Lipinski definition) is 4. The average Bonchev–Trinajstić information content (AvgIpc) is 3.09. The van der Waals surface area contributed by atoms with E-state index in [1.807, 2.05) is 0 Å². The lowest BCUT2D eigenvalue weighted by Crippen LogP contribution is -2.49. The third-order valence-corrected chi connectivity index (χ3v) is 4.24. The summed E-state index contributed by atoms with van der Waals surface area (Å²) in [6, 6.07) is 0.562. The number of aromatic nitrogens is 2. The van der Waals surface area contributed by atoms with Crippen molar-refractivity contribution in [2.75, 3.05) is 39.3 Å². The number of rotatable bonds is 4. The van der Waals surface area contributed by atoms with Crippen molar-refractivity contribution in [1.82, 2.24) is 24.7 Å². The van der Waals surface area contributed by atoms with E-state index in [4.69, 9.17) is 0 Å². The fraction of sp³-hybridized carbons (Fsp3) is 0.769. The summed E-state index contributed by atoms with van der Waals surface area (Å²) in [5.41, 5.74) is 0. The van der Waals surface area contributed by atoms with Gasteiger partial charge in [0.25, 0.3) is 0 Å². The number of piperazine rings is 1. The Morgan fingerprint density at radius 2 is 2.05 bits per heavy atom. The zero-order valence-corrected chi connectivity index (χ0v) is 12.7. The molecule has 2 aliphatic rings. The van der Waals surface area contributed by atoms with Gasteiger partial charge >= 0.3 is 6.55 Å².